The van der Waals surface area contributed by atoms with Crippen molar-refractivity contribution in [1.82, 2.24) is 30.8 Å². The first kappa shape index (κ1) is 16.0. The van der Waals surface area contributed by atoms with Crippen molar-refractivity contribution in [2.24, 2.45) is 0 Å². The Bertz CT molecular complexity index is 1100. The van der Waals surface area contributed by atoms with Gasteiger partial charge in [0.25, 0.3) is 0 Å². The zero-order valence-corrected chi connectivity index (χ0v) is 15.4. The molecule has 0 aliphatic heterocycles. The lowest BCUT2D eigenvalue weighted by atomic mass is 10.1. The van der Waals surface area contributed by atoms with E-state index in [0.29, 0.717) is 0 Å². The molecule has 0 saturated heterocycles. The lowest BCUT2D eigenvalue weighted by Crippen LogP contribution is -2.47. The highest BCUT2D eigenvalue weighted by Crippen LogP contribution is 2.48. The summed E-state index contributed by atoms with van der Waals surface area (Å²) < 4.78 is 0. The van der Waals surface area contributed by atoms with Gasteiger partial charge in [0.2, 0.25) is 0 Å². The second-order valence-electron chi connectivity index (χ2n) is 7.94. The Labute approximate surface area is 162 Å². The number of hydrogen-bond acceptors (Lipinski definition) is 6. The topological polar surface area (TPSA) is 75.6 Å². The van der Waals surface area contributed by atoms with Crippen LogP contribution >= 0.6 is 0 Å². The largest absolute Gasteiger partial charge is 0.262 e. The minimum Gasteiger partial charge on any atom is -0.262 e. The predicted molar refractivity (Wildman–Crippen MR) is 107 cm³/mol. The molecule has 2 saturated carbocycles. The fraction of sp³-hybridized carbons (Fsp3) is 0.273. The fourth-order valence-corrected chi connectivity index (χ4v) is 3.85. The molecule has 2 aliphatic carbocycles. The van der Waals surface area contributed by atoms with E-state index in [-0.39, 0.29) is 11.1 Å². The summed E-state index contributed by atoms with van der Waals surface area (Å²) in [5.41, 5.74) is 11.1. The van der Waals surface area contributed by atoms with E-state index < -0.39 is 0 Å². The van der Waals surface area contributed by atoms with Gasteiger partial charge in [-0.15, -0.1) is 0 Å². The molecule has 4 aromatic heterocycles. The zero-order valence-electron chi connectivity index (χ0n) is 15.4. The van der Waals surface area contributed by atoms with Gasteiger partial charge in [-0.2, -0.15) is 0 Å². The summed E-state index contributed by atoms with van der Waals surface area (Å²) in [6.07, 6.45) is 11.6. The van der Waals surface area contributed by atoms with Crippen LogP contribution in [0.4, 0.5) is 0 Å². The van der Waals surface area contributed by atoms with Gasteiger partial charge in [-0.05, 0) is 49.9 Å². The Hall–Kier alpha value is -2.96. The molecule has 0 aromatic carbocycles. The molecular weight excluding hydrogens is 348 g/mol. The quantitative estimate of drug-likeness (QED) is 0.526. The number of fused-ring (bicyclic) bond motifs is 2. The molecule has 0 radical (unpaired) electrons. The molecule has 138 valence electrons. The number of hydrogen-bond donors (Lipinski definition) is 2. The van der Waals surface area contributed by atoms with Gasteiger partial charge >= 0.3 is 0 Å². The molecule has 2 aliphatic rings. The Morgan fingerprint density at radius 2 is 1.07 bits per heavy atom. The third kappa shape index (κ3) is 2.57. The summed E-state index contributed by atoms with van der Waals surface area (Å²) in [6.45, 7) is 0. The van der Waals surface area contributed by atoms with Crippen LogP contribution in [0.5, 0.6) is 0 Å². The Kier molecular flexibility index (Phi) is 3.30. The Morgan fingerprint density at radius 3 is 1.50 bits per heavy atom. The van der Waals surface area contributed by atoms with Gasteiger partial charge < -0.3 is 0 Å². The van der Waals surface area contributed by atoms with Crippen molar-refractivity contribution in [2.75, 3.05) is 0 Å². The first-order valence-electron chi connectivity index (χ1n) is 9.73. The molecule has 2 N–H and O–H groups in total. The highest BCUT2D eigenvalue weighted by atomic mass is 15.5. The maximum absolute atomic E-state index is 4.86. The van der Waals surface area contributed by atoms with Crippen LogP contribution in [-0.4, -0.2) is 19.9 Å². The summed E-state index contributed by atoms with van der Waals surface area (Å²) in [6, 6.07) is 12.5. The maximum Gasteiger partial charge on any atom is 0.0889 e. The van der Waals surface area contributed by atoms with Crippen LogP contribution < -0.4 is 10.9 Å². The van der Waals surface area contributed by atoms with Gasteiger partial charge in [0.15, 0.2) is 0 Å². The third-order valence-electron chi connectivity index (χ3n) is 6.01. The van der Waals surface area contributed by atoms with E-state index >= 15 is 0 Å². The van der Waals surface area contributed by atoms with Crippen molar-refractivity contribution >= 4 is 21.8 Å². The van der Waals surface area contributed by atoms with E-state index in [1.807, 2.05) is 24.5 Å². The van der Waals surface area contributed by atoms with E-state index in [1.54, 1.807) is 12.4 Å². The summed E-state index contributed by atoms with van der Waals surface area (Å²) in [5, 5.41) is 2.24. The van der Waals surface area contributed by atoms with Crippen LogP contribution in [0.3, 0.4) is 0 Å². The van der Waals surface area contributed by atoms with E-state index in [4.69, 9.17) is 9.97 Å². The van der Waals surface area contributed by atoms with Crippen molar-refractivity contribution in [3.63, 3.8) is 0 Å². The maximum atomic E-state index is 4.86. The van der Waals surface area contributed by atoms with E-state index in [2.05, 4.69) is 45.1 Å². The summed E-state index contributed by atoms with van der Waals surface area (Å²) in [7, 11) is 0. The minimum absolute atomic E-state index is 0.0992. The summed E-state index contributed by atoms with van der Waals surface area (Å²) in [4.78, 5) is 18.1. The normalized spacial score (nSPS) is 19.0. The fourth-order valence-electron chi connectivity index (χ4n) is 3.85. The molecule has 0 atom stereocenters. The van der Waals surface area contributed by atoms with Crippen molar-refractivity contribution in [1.29, 1.82) is 0 Å². The highest BCUT2D eigenvalue weighted by Gasteiger charge is 2.51. The highest BCUT2D eigenvalue weighted by molar-refractivity contribution is 5.78. The van der Waals surface area contributed by atoms with Crippen molar-refractivity contribution in [2.45, 2.75) is 36.8 Å². The van der Waals surface area contributed by atoms with E-state index in [0.717, 1.165) is 58.9 Å². The molecule has 28 heavy (non-hydrogen) atoms. The van der Waals surface area contributed by atoms with Gasteiger partial charge in [-0.25, -0.2) is 20.8 Å². The number of pyridine rings is 4. The molecule has 4 heterocycles. The monoisotopic (exact) mass is 368 g/mol. The molecular formula is C22H20N6. The van der Waals surface area contributed by atoms with Gasteiger partial charge in [-0.1, -0.05) is 12.1 Å². The smallest absolute Gasteiger partial charge is 0.0889 e. The first-order valence-corrected chi connectivity index (χ1v) is 9.73. The van der Waals surface area contributed by atoms with Gasteiger partial charge in [0, 0.05) is 23.2 Å². The molecule has 6 rings (SSSR count). The van der Waals surface area contributed by atoms with E-state index in [1.165, 1.54) is 0 Å². The number of nitrogens with zero attached hydrogens (tertiary/aromatic N) is 4. The van der Waals surface area contributed by atoms with Crippen LogP contribution in [0.25, 0.3) is 21.8 Å². The molecule has 6 nitrogen and oxygen atoms in total. The summed E-state index contributed by atoms with van der Waals surface area (Å²) in [5.74, 6) is 0. The third-order valence-corrected chi connectivity index (χ3v) is 6.01. The van der Waals surface area contributed by atoms with Gasteiger partial charge in [0.1, 0.15) is 0 Å². The van der Waals surface area contributed by atoms with Crippen molar-refractivity contribution < 1.29 is 0 Å². The standard InChI is InChI=1S/C22H20N6/c1-3-19(25-17-13-23-11-5-15(1)17)21(7-8-21)27-28-22(9-10-22)20-4-2-16-6-12-24-14-18(16)26-20/h1-6,11-14,27-28H,7-10H2. The Balaban J connectivity index is 1.26. The van der Waals surface area contributed by atoms with Crippen LogP contribution in [0, 0.1) is 0 Å². The van der Waals surface area contributed by atoms with Crippen LogP contribution in [0.2, 0.25) is 0 Å². The van der Waals surface area contributed by atoms with Gasteiger partial charge in [-0.3, -0.25) is 9.97 Å². The van der Waals surface area contributed by atoms with Crippen LogP contribution in [0.1, 0.15) is 37.1 Å². The zero-order chi connectivity index (χ0) is 18.6. The molecule has 0 bridgehead atoms. The predicted octanol–water partition coefficient (Wildman–Crippen LogP) is 3.35. The average molecular weight is 368 g/mol. The van der Waals surface area contributed by atoms with Crippen LogP contribution in [0.15, 0.2) is 61.2 Å². The molecule has 4 aromatic rings. The SMILES string of the molecule is c1cc2ccc(C3(NNC4(c5ccc6ccncc6n5)CC4)CC3)nc2cn1. The molecule has 2 fully saturated rings. The molecule has 6 heteroatoms. The van der Waals surface area contributed by atoms with Crippen molar-refractivity contribution in [3.8, 4) is 0 Å². The van der Waals surface area contributed by atoms with Crippen molar-refractivity contribution in [3.05, 3.63) is 72.6 Å². The minimum atomic E-state index is -0.0992. The first-order chi connectivity index (χ1) is 13.8. The number of aromatic nitrogens is 4. The van der Waals surface area contributed by atoms with Crippen LogP contribution in [-0.2, 0) is 11.1 Å². The molecule has 0 amide bonds. The number of hydrazine groups is 1. The average Bonchev–Trinajstić information content (AvgIpc) is 3.67. The number of rotatable bonds is 5. The molecule has 0 spiro atoms. The van der Waals surface area contributed by atoms with E-state index in [9.17, 15) is 0 Å². The summed E-state index contributed by atoms with van der Waals surface area (Å²) >= 11 is 0. The van der Waals surface area contributed by atoms with Gasteiger partial charge in [0.05, 0.1) is 45.9 Å². The second kappa shape index (κ2) is 5.77. The number of nitrogens with one attached hydrogen (secondary N) is 2. The molecule has 0 unspecified atom stereocenters. The second-order valence-corrected chi connectivity index (χ2v) is 7.94. The Morgan fingerprint density at radius 1 is 0.607 bits per heavy atom. The lowest BCUT2D eigenvalue weighted by molar-refractivity contribution is 0.344. The lowest BCUT2D eigenvalue weighted by Gasteiger charge is -2.24.